The van der Waals surface area contributed by atoms with Crippen LogP contribution in [0.2, 0.25) is 0 Å². The standard InChI is InChI=1S/C8H8N4O2/c1-6-10-11-8(14-6)4-12-3-2-9-7(12)5-13/h2-3,5H,4H2,1H3. The number of hydrogen-bond donors (Lipinski definition) is 0. The van der Waals surface area contributed by atoms with Gasteiger partial charge in [-0.15, -0.1) is 10.2 Å². The summed E-state index contributed by atoms with van der Waals surface area (Å²) in [5.74, 6) is 1.32. The average molecular weight is 192 g/mol. The lowest BCUT2D eigenvalue weighted by Gasteiger charge is -1.97. The summed E-state index contributed by atoms with van der Waals surface area (Å²) in [5.41, 5.74) is 0. The zero-order valence-electron chi connectivity index (χ0n) is 7.54. The van der Waals surface area contributed by atoms with Gasteiger partial charge in [0, 0.05) is 19.3 Å². The van der Waals surface area contributed by atoms with Crippen LogP contribution in [-0.2, 0) is 6.54 Å². The highest BCUT2D eigenvalue weighted by Crippen LogP contribution is 2.02. The Morgan fingerprint density at radius 2 is 2.43 bits per heavy atom. The van der Waals surface area contributed by atoms with E-state index in [0.29, 0.717) is 30.4 Å². The number of hydrogen-bond acceptors (Lipinski definition) is 5. The third-order valence-corrected chi connectivity index (χ3v) is 1.73. The van der Waals surface area contributed by atoms with E-state index in [2.05, 4.69) is 15.2 Å². The second-order valence-corrected chi connectivity index (χ2v) is 2.75. The molecule has 0 spiro atoms. The normalized spacial score (nSPS) is 10.4. The molecule has 0 bridgehead atoms. The van der Waals surface area contributed by atoms with Crippen LogP contribution in [-0.4, -0.2) is 26.0 Å². The molecule has 0 amide bonds. The molecule has 0 radical (unpaired) electrons. The number of aldehydes is 1. The van der Waals surface area contributed by atoms with Gasteiger partial charge < -0.3 is 8.98 Å². The van der Waals surface area contributed by atoms with E-state index >= 15 is 0 Å². The average Bonchev–Trinajstić information content (AvgIpc) is 2.76. The van der Waals surface area contributed by atoms with Crippen LogP contribution in [0.15, 0.2) is 16.8 Å². The Balaban J connectivity index is 2.22. The van der Waals surface area contributed by atoms with Crippen molar-refractivity contribution in [1.82, 2.24) is 19.7 Å². The minimum atomic E-state index is 0.348. The van der Waals surface area contributed by atoms with Crippen LogP contribution in [0.3, 0.4) is 0 Å². The topological polar surface area (TPSA) is 73.8 Å². The zero-order chi connectivity index (χ0) is 9.97. The Kier molecular flexibility index (Phi) is 2.10. The quantitative estimate of drug-likeness (QED) is 0.659. The van der Waals surface area contributed by atoms with Crippen LogP contribution < -0.4 is 0 Å². The third kappa shape index (κ3) is 1.54. The lowest BCUT2D eigenvalue weighted by atomic mass is 10.5. The summed E-state index contributed by atoms with van der Waals surface area (Å²) >= 11 is 0. The number of nitrogens with zero attached hydrogens (tertiary/aromatic N) is 4. The van der Waals surface area contributed by atoms with Crippen molar-refractivity contribution in [3.8, 4) is 0 Å². The van der Waals surface area contributed by atoms with Crippen molar-refractivity contribution >= 4 is 6.29 Å². The van der Waals surface area contributed by atoms with Gasteiger partial charge >= 0.3 is 0 Å². The summed E-state index contributed by atoms with van der Waals surface area (Å²) in [5, 5.41) is 7.50. The number of imidazole rings is 1. The second kappa shape index (κ2) is 3.41. The molecule has 2 aromatic rings. The van der Waals surface area contributed by atoms with E-state index in [0.717, 1.165) is 0 Å². The Labute approximate surface area is 79.6 Å². The van der Waals surface area contributed by atoms with Gasteiger partial charge in [0.25, 0.3) is 0 Å². The first-order valence-electron chi connectivity index (χ1n) is 4.05. The fourth-order valence-corrected chi connectivity index (χ4v) is 1.12. The number of aryl methyl sites for hydroxylation is 1. The highest BCUT2D eigenvalue weighted by atomic mass is 16.4. The van der Waals surface area contributed by atoms with E-state index in [1.54, 1.807) is 23.9 Å². The molecule has 0 N–H and O–H groups in total. The third-order valence-electron chi connectivity index (χ3n) is 1.73. The van der Waals surface area contributed by atoms with E-state index in [1.165, 1.54) is 0 Å². The van der Waals surface area contributed by atoms with Crippen molar-refractivity contribution < 1.29 is 9.21 Å². The molecule has 6 heteroatoms. The molecule has 72 valence electrons. The van der Waals surface area contributed by atoms with Crippen LogP contribution in [0.25, 0.3) is 0 Å². The Morgan fingerprint density at radius 3 is 3.07 bits per heavy atom. The summed E-state index contributed by atoms with van der Waals surface area (Å²) < 4.78 is 6.81. The molecule has 6 nitrogen and oxygen atoms in total. The van der Waals surface area contributed by atoms with E-state index in [4.69, 9.17) is 4.42 Å². The number of aromatic nitrogens is 4. The van der Waals surface area contributed by atoms with Crippen LogP contribution >= 0.6 is 0 Å². The Morgan fingerprint density at radius 1 is 1.57 bits per heavy atom. The summed E-state index contributed by atoms with van der Waals surface area (Å²) in [4.78, 5) is 14.4. The number of carbonyl (C=O) groups excluding carboxylic acids is 1. The van der Waals surface area contributed by atoms with Gasteiger partial charge in [-0.2, -0.15) is 0 Å². The molecule has 0 saturated carbocycles. The number of carbonyl (C=O) groups is 1. The maximum Gasteiger partial charge on any atom is 0.236 e. The van der Waals surface area contributed by atoms with Gasteiger partial charge in [-0.1, -0.05) is 0 Å². The van der Waals surface area contributed by atoms with Crippen molar-refractivity contribution in [2.75, 3.05) is 0 Å². The molecule has 0 aliphatic heterocycles. The summed E-state index contributed by atoms with van der Waals surface area (Å²) in [6.45, 7) is 2.08. The Hall–Kier alpha value is -1.98. The minimum absolute atomic E-state index is 0.348. The largest absolute Gasteiger partial charge is 0.424 e. The highest BCUT2D eigenvalue weighted by Gasteiger charge is 2.06. The first-order valence-corrected chi connectivity index (χ1v) is 4.05. The summed E-state index contributed by atoms with van der Waals surface area (Å²) in [6, 6.07) is 0. The molecule has 2 heterocycles. The lowest BCUT2D eigenvalue weighted by Crippen LogP contribution is -2.03. The summed E-state index contributed by atoms with van der Waals surface area (Å²) in [6.07, 6.45) is 3.92. The molecule has 0 aromatic carbocycles. The first-order chi connectivity index (χ1) is 6.79. The van der Waals surface area contributed by atoms with E-state index < -0.39 is 0 Å². The van der Waals surface area contributed by atoms with E-state index in [1.807, 2.05) is 0 Å². The first kappa shape index (κ1) is 8.61. The maximum atomic E-state index is 10.5. The molecule has 0 fully saturated rings. The molecule has 0 unspecified atom stereocenters. The molecule has 2 aromatic heterocycles. The van der Waals surface area contributed by atoms with Crippen LogP contribution in [0.1, 0.15) is 22.4 Å². The molecular weight excluding hydrogens is 184 g/mol. The number of rotatable bonds is 3. The van der Waals surface area contributed by atoms with Crippen molar-refractivity contribution in [1.29, 1.82) is 0 Å². The predicted molar refractivity (Wildman–Crippen MR) is 45.8 cm³/mol. The van der Waals surface area contributed by atoms with Crippen LogP contribution in [0.5, 0.6) is 0 Å². The van der Waals surface area contributed by atoms with Gasteiger partial charge in [-0.3, -0.25) is 4.79 Å². The molecule has 14 heavy (non-hydrogen) atoms. The lowest BCUT2D eigenvalue weighted by molar-refractivity contribution is 0.111. The van der Waals surface area contributed by atoms with Crippen molar-refractivity contribution in [2.45, 2.75) is 13.5 Å². The van der Waals surface area contributed by atoms with Gasteiger partial charge in [0.2, 0.25) is 11.8 Å². The van der Waals surface area contributed by atoms with Crippen LogP contribution in [0.4, 0.5) is 0 Å². The van der Waals surface area contributed by atoms with Gasteiger partial charge in [-0.25, -0.2) is 4.98 Å². The molecule has 2 rings (SSSR count). The molecule has 0 aliphatic rings. The van der Waals surface area contributed by atoms with Gasteiger partial charge in [0.1, 0.15) is 6.54 Å². The van der Waals surface area contributed by atoms with Crippen molar-refractivity contribution in [3.05, 3.63) is 30.0 Å². The molecule has 0 aliphatic carbocycles. The van der Waals surface area contributed by atoms with Gasteiger partial charge in [0.15, 0.2) is 12.1 Å². The second-order valence-electron chi connectivity index (χ2n) is 2.75. The molecule has 0 saturated heterocycles. The fourth-order valence-electron chi connectivity index (χ4n) is 1.12. The SMILES string of the molecule is Cc1nnc(Cn2ccnc2C=O)o1. The van der Waals surface area contributed by atoms with Crippen molar-refractivity contribution in [3.63, 3.8) is 0 Å². The van der Waals surface area contributed by atoms with Crippen molar-refractivity contribution in [2.24, 2.45) is 0 Å². The monoisotopic (exact) mass is 192 g/mol. The van der Waals surface area contributed by atoms with Gasteiger partial charge in [-0.05, 0) is 0 Å². The van der Waals surface area contributed by atoms with E-state index in [9.17, 15) is 4.79 Å². The maximum absolute atomic E-state index is 10.5. The fraction of sp³-hybridized carbons (Fsp3) is 0.250. The summed E-state index contributed by atoms with van der Waals surface area (Å²) in [7, 11) is 0. The van der Waals surface area contributed by atoms with E-state index in [-0.39, 0.29) is 0 Å². The van der Waals surface area contributed by atoms with Crippen LogP contribution in [0, 0.1) is 6.92 Å². The highest BCUT2D eigenvalue weighted by molar-refractivity contribution is 5.69. The van der Waals surface area contributed by atoms with Gasteiger partial charge in [0.05, 0.1) is 0 Å². The predicted octanol–water partition coefficient (Wildman–Crippen LogP) is 0.435. The Bertz CT molecular complexity index is 446. The minimum Gasteiger partial charge on any atom is -0.424 e. The zero-order valence-corrected chi connectivity index (χ0v) is 7.54. The molecule has 0 atom stereocenters. The smallest absolute Gasteiger partial charge is 0.236 e. The molecular formula is C8H8N4O2.